The van der Waals surface area contributed by atoms with Crippen molar-refractivity contribution in [1.29, 1.82) is 0 Å². The lowest BCUT2D eigenvalue weighted by Crippen LogP contribution is -2.16. The number of hydrogen-bond donors (Lipinski definition) is 1. The van der Waals surface area contributed by atoms with E-state index in [9.17, 15) is 35.1 Å². The van der Waals surface area contributed by atoms with E-state index >= 15 is 0 Å². The Labute approximate surface area is 146 Å². The standard InChI is InChI=1S/C15H9F8NOS/c1-25-9-3-2-6(4-8(9)16)24-26-14-7(5-15(21,22)23)10(17)11(18)12(19)13(14)20/h2-4,24H,5H2,1H3. The molecule has 0 saturated carbocycles. The lowest BCUT2D eigenvalue weighted by molar-refractivity contribution is -0.128. The second-order valence-corrected chi connectivity index (χ2v) is 5.73. The number of alkyl halides is 3. The molecule has 0 bridgehead atoms. The number of rotatable bonds is 5. The number of anilines is 1. The molecule has 0 heterocycles. The van der Waals surface area contributed by atoms with Crippen LogP contribution in [0.1, 0.15) is 5.56 Å². The normalized spacial score (nSPS) is 11.6. The van der Waals surface area contributed by atoms with Crippen LogP contribution in [0, 0.1) is 29.1 Å². The van der Waals surface area contributed by atoms with Gasteiger partial charge in [-0.15, -0.1) is 0 Å². The van der Waals surface area contributed by atoms with Crippen LogP contribution in [0.25, 0.3) is 0 Å². The number of methoxy groups -OCH3 is 1. The van der Waals surface area contributed by atoms with E-state index in [1.54, 1.807) is 0 Å². The summed E-state index contributed by atoms with van der Waals surface area (Å²) in [5.41, 5.74) is -1.46. The van der Waals surface area contributed by atoms with Crippen molar-refractivity contribution in [3.8, 4) is 5.75 Å². The van der Waals surface area contributed by atoms with E-state index in [-0.39, 0.29) is 23.4 Å². The molecule has 0 saturated heterocycles. The average molecular weight is 403 g/mol. The van der Waals surface area contributed by atoms with Crippen LogP contribution >= 0.6 is 11.9 Å². The summed E-state index contributed by atoms with van der Waals surface area (Å²) in [6, 6.07) is 3.26. The molecular weight excluding hydrogens is 394 g/mol. The maximum absolute atomic E-state index is 13.9. The Morgan fingerprint density at radius 1 is 0.962 bits per heavy atom. The Bertz CT molecular complexity index is 825. The van der Waals surface area contributed by atoms with Gasteiger partial charge in [0.05, 0.1) is 18.4 Å². The van der Waals surface area contributed by atoms with E-state index < -0.39 is 52.1 Å². The first-order chi connectivity index (χ1) is 12.0. The number of hydrogen-bond acceptors (Lipinski definition) is 3. The molecule has 0 amide bonds. The summed E-state index contributed by atoms with van der Waals surface area (Å²) in [7, 11) is 1.20. The van der Waals surface area contributed by atoms with E-state index in [1.807, 2.05) is 0 Å². The van der Waals surface area contributed by atoms with Crippen molar-refractivity contribution in [1.82, 2.24) is 0 Å². The molecule has 0 unspecified atom stereocenters. The quantitative estimate of drug-likeness (QED) is 0.303. The highest BCUT2D eigenvalue weighted by Crippen LogP contribution is 2.36. The number of halogens is 8. The monoisotopic (exact) mass is 403 g/mol. The van der Waals surface area contributed by atoms with Gasteiger partial charge in [0.2, 0.25) is 0 Å². The van der Waals surface area contributed by atoms with Crippen LogP contribution in [0.5, 0.6) is 5.75 Å². The first-order valence-corrected chi connectivity index (χ1v) is 7.54. The molecule has 2 aromatic rings. The van der Waals surface area contributed by atoms with Gasteiger partial charge in [0.25, 0.3) is 0 Å². The second kappa shape index (κ2) is 7.60. The molecule has 2 aromatic carbocycles. The topological polar surface area (TPSA) is 21.3 Å². The number of benzene rings is 2. The van der Waals surface area contributed by atoms with E-state index in [1.165, 1.54) is 13.2 Å². The van der Waals surface area contributed by atoms with E-state index in [0.717, 1.165) is 12.1 Å². The molecule has 2 rings (SSSR count). The van der Waals surface area contributed by atoms with Crippen LogP contribution in [0.15, 0.2) is 23.1 Å². The molecule has 11 heteroatoms. The van der Waals surface area contributed by atoms with Gasteiger partial charge >= 0.3 is 6.18 Å². The molecule has 0 fully saturated rings. The second-order valence-electron chi connectivity index (χ2n) is 4.91. The Balaban J connectivity index is 2.40. The van der Waals surface area contributed by atoms with Crippen molar-refractivity contribution < 1.29 is 39.9 Å². The van der Waals surface area contributed by atoms with Crippen molar-refractivity contribution in [2.45, 2.75) is 17.5 Å². The molecule has 0 aliphatic carbocycles. The van der Waals surface area contributed by atoms with Gasteiger partial charge in [0.15, 0.2) is 34.8 Å². The third-order valence-corrected chi connectivity index (χ3v) is 4.08. The maximum Gasteiger partial charge on any atom is 0.393 e. The largest absolute Gasteiger partial charge is 0.494 e. The molecule has 26 heavy (non-hydrogen) atoms. The predicted octanol–water partition coefficient (Wildman–Crippen LogP) is 5.61. The highest BCUT2D eigenvalue weighted by atomic mass is 32.2. The minimum absolute atomic E-state index is 0.0475. The van der Waals surface area contributed by atoms with Gasteiger partial charge in [-0.1, -0.05) is 0 Å². The first kappa shape index (κ1) is 20.1. The highest BCUT2D eigenvalue weighted by Gasteiger charge is 2.35. The smallest absolute Gasteiger partial charge is 0.393 e. The summed E-state index contributed by atoms with van der Waals surface area (Å²) >= 11 is 0.0475. The molecule has 0 aliphatic heterocycles. The summed E-state index contributed by atoms with van der Waals surface area (Å²) in [5.74, 6) is -9.71. The van der Waals surface area contributed by atoms with Gasteiger partial charge in [-0.25, -0.2) is 22.0 Å². The van der Waals surface area contributed by atoms with Gasteiger partial charge in [0.1, 0.15) is 0 Å². The third-order valence-electron chi connectivity index (χ3n) is 3.12. The Hall–Kier alpha value is -2.17. The van der Waals surface area contributed by atoms with Crippen LogP contribution in [0.4, 0.5) is 40.8 Å². The minimum Gasteiger partial charge on any atom is -0.494 e. The number of nitrogens with one attached hydrogen (secondary N) is 1. The maximum atomic E-state index is 13.9. The summed E-state index contributed by atoms with van der Waals surface area (Å²) in [6.45, 7) is 0. The predicted molar refractivity (Wildman–Crippen MR) is 78.5 cm³/mol. The third kappa shape index (κ3) is 4.32. The summed E-state index contributed by atoms with van der Waals surface area (Å²) in [4.78, 5) is -1.13. The zero-order valence-corrected chi connectivity index (χ0v) is 13.6. The first-order valence-electron chi connectivity index (χ1n) is 6.73. The van der Waals surface area contributed by atoms with E-state index in [0.29, 0.717) is 0 Å². The zero-order chi connectivity index (χ0) is 19.6. The molecule has 142 valence electrons. The summed E-state index contributed by atoms with van der Waals surface area (Å²) in [6.07, 6.45) is -7.02. The SMILES string of the molecule is COc1ccc(NSc2c(F)c(F)c(F)c(F)c2CC(F)(F)F)cc1F. The van der Waals surface area contributed by atoms with Gasteiger partial charge in [0, 0.05) is 17.3 Å². The van der Waals surface area contributed by atoms with E-state index in [4.69, 9.17) is 0 Å². The Kier molecular flexibility index (Phi) is 5.89. The fraction of sp³-hybridized carbons (Fsp3) is 0.200. The van der Waals surface area contributed by atoms with Crippen molar-refractivity contribution in [2.24, 2.45) is 0 Å². The lowest BCUT2D eigenvalue weighted by atomic mass is 10.1. The van der Waals surface area contributed by atoms with Gasteiger partial charge in [-0.3, -0.25) is 0 Å². The molecule has 0 aliphatic rings. The molecule has 0 spiro atoms. The highest BCUT2D eigenvalue weighted by molar-refractivity contribution is 8.00. The molecule has 0 aromatic heterocycles. The molecule has 2 nitrogen and oxygen atoms in total. The van der Waals surface area contributed by atoms with Gasteiger partial charge < -0.3 is 9.46 Å². The molecular formula is C15H9F8NOS. The van der Waals surface area contributed by atoms with Crippen molar-refractivity contribution in [2.75, 3.05) is 11.8 Å². The van der Waals surface area contributed by atoms with Gasteiger partial charge in [-0.05, 0) is 24.1 Å². The van der Waals surface area contributed by atoms with Crippen LogP contribution < -0.4 is 9.46 Å². The molecule has 0 atom stereocenters. The van der Waals surface area contributed by atoms with Crippen molar-refractivity contribution in [3.63, 3.8) is 0 Å². The average Bonchev–Trinajstić information content (AvgIpc) is 2.56. The minimum atomic E-state index is -5.00. The summed E-state index contributed by atoms with van der Waals surface area (Å²) < 4.78 is 112. The molecule has 1 N–H and O–H groups in total. The summed E-state index contributed by atoms with van der Waals surface area (Å²) in [5, 5.41) is 0. The zero-order valence-electron chi connectivity index (χ0n) is 12.8. The van der Waals surface area contributed by atoms with Crippen LogP contribution in [0.3, 0.4) is 0 Å². The number of ether oxygens (including phenoxy) is 1. The van der Waals surface area contributed by atoms with Gasteiger partial charge in [-0.2, -0.15) is 13.2 Å². The van der Waals surface area contributed by atoms with Crippen LogP contribution in [0.2, 0.25) is 0 Å². The fourth-order valence-corrected chi connectivity index (χ4v) is 2.77. The van der Waals surface area contributed by atoms with Crippen molar-refractivity contribution in [3.05, 3.63) is 52.8 Å². The van der Waals surface area contributed by atoms with Crippen molar-refractivity contribution >= 4 is 17.6 Å². The van der Waals surface area contributed by atoms with Crippen LogP contribution in [-0.2, 0) is 6.42 Å². The Morgan fingerprint density at radius 2 is 1.58 bits per heavy atom. The lowest BCUT2D eigenvalue weighted by Gasteiger charge is -2.15. The fourth-order valence-electron chi connectivity index (χ4n) is 1.96. The van der Waals surface area contributed by atoms with E-state index in [2.05, 4.69) is 9.46 Å². The Morgan fingerprint density at radius 3 is 2.12 bits per heavy atom. The van der Waals surface area contributed by atoms with Crippen LogP contribution in [-0.4, -0.2) is 13.3 Å². The molecule has 0 radical (unpaired) electrons.